The van der Waals surface area contributed by atoms with E-state index in [1.54, 1.807) is 0 Å². The summed E-state index contributed by atoms with van der Waals surface area (Å²) in [6, 6.07) is 6.48. The zero-order valence-electron chi connectivity index (χ0n) is 11.4. The second-order valence-electron chi connectivity index (χ2n) is 5.04. The first-order chi connectivity index (χ1) is 9.10. The first-order valence-electron chi connectivity index (χ1n) is 6.69. The van der Waals surface area contributed by atoms with Crippen LogP contribution in [0.1, 0.15) is 38.3 Å². The topological polar surface area (TPSA) is 80.9 Å². The highest BCUT2D eigenvalue weighted by atomic mass is 16.2. The van der Waals surface area contributed by atoms with E-state index < -0.39 is 0 Å². The SMILES string of the molecule is CC(CCCO)NC(C)c1ccc2[nH]c(=O)[nH]c2c1. The van der Waals surface area contributed by atoms with Gasteiger partial charge in [-0.2, -0.15) is 0 Å². The van der Waals surface area contributed by atoms with E-state index in [0.717, 1.165) is 29.4 Å². The summed E-state index contributed by atoms with van der Waals surface area (Å²) in [5, 5.41) is 12.3. The Balaban J connectivity index is 2.08. The summed E-state index contributed by atoms with van der Waals surface area (Å²) >= 11 is 0. The Labute approximate surface area is 112 Å². The van der Waals surface area contributed by atoms with Crippen molar-refractivity contribution in [3.8, 4) is 0 Å². The monoisotopic (exact) mass is 263 g/mol. The molecule has 104 valence electrons. The van der Waals surface area contributed by atoms with Crippen molar-refractivity contribution in [1.29, 1.82) is 0 Å². The third-order valence-electron chi connectivity index (χ3n) is 3.37. The first-order valence-corrected chi connectivity index (χ1v) is 6.69. The van der Waals surface area contributed by atoms with Crippen molar-refractivity contribution < 1.29 is 5.11 Å². The van der Waals surface area contributed by atoms with Crippen LogP contribution in [-0.2, 0) is 0 Å². The average Bonchev–Trinajstić information content (AvgIpc) is 2.75. The van der Waals surface area contributed by atoms with E-state index in [4.69, 9.17) is 5.11 Å². The number of aromatic nitrogens is 2. The highest BCUT2D eigenvalue weighted by molar-refractivity contribution is 5.75. The molecule has 5 heteroatoms. The van der Waals surface area contributed by atoms with E-state index >= 15 is 0 Å². The maximum Gasteiger partial charge on any atom is 0.323 e. The quantitative estimate of drug-likeness (QED) is 0.640. The average molecular weight is 263 g/mol. The number of aromatic amines is 2. The minimum absolute atomic E-state index is 0.177. The molecular formula is C14H21N3O2. The molecule has 2 atom stereocenters. The highest BCUT2D eigenvalue weighted by Gasteiger charge is 2.10. The molecule has 2 rings (SSSR count). The molecule has 2 aromatic rings. The number of hydrogen-bond donors (Lipinski definition) is 4. The fraction of sp³-hybridized carbons (Fsp3) is 0.500. The zero-order valence-corrected chi connectivity index (χ0v) is 11.4. The van der Waals surface area contributed by atoms with Gasteiger partial charge in [0.15, 0.2) is 0 Å². The van der Waals surface area contributed by atoms with Crippen LogP contribution in [-0.4, -0.2) is 27.7 Å². The van der Waals surface area contributed by atoms with Gasteiger partial charge in [0.05, 0.1) is 11.0 Å². The summed E-state index contributed by atoms with van der Waals surface area (Å²) < 4.78 is 0. The van der Waals surface area contributed by atoms with Gasteiger partial charge in [0.2, 0.25) is 0 Å². The van der Waals surface area contributed by atoms with Gasteiger partial charge >= 0.3 is 5.69 Å². The molecule has 2 unspecified atom stereocenters. The fourth-order valence-corrected chi connectivity index (χ4v) is 2.32. The van der Waals surface area contributed by atoms with Crippen molar-refractivity contribution in [2.75, 3.05) is 6.61 Å². The summed E-state index contributed by atoms with van der Waals surface area (Å²) in [7, 11) is 0. The molecule has 0 aliphatic carbocycles. The van der Waals surface area contributed by atoms with Crippen LogP contribution in [0.25, 0.3) is 11.0 Å². The van der Waals surface area contributed by atoms with Crippen LogP contribution in [0.4, 0.5) is 0 Å². The largest absolute Gasteiger partial charge is 0.396 e. The van der Waals surface area contributed by atoms with Crippen LogP contribution >= 0.6 is 0 Å². The highest BCUT2D eigenvalue weighted by Crippen LogP contribution is 2.18. The molecule has 4 N–H and O–H groups in total. The Morgan fingerprint density at radius 1 is 1.26 bits per heavy atom. The molecule has 0 saturated heterocycles. The molecule has 1 aromatic heterocycles. The molecule has 0 amide bonds. The smallest absolute Gasteiger partial charge is 0.323 e. The number of aliphatic hydroxyl groups is 1. The molecular weight excluding hydrogens is 242 g/mol. The standard InChI is InChI=1S/C14H21N3O2/c1-9(4-3-7-18)15-10(2)11-5-6-12-13(8-11)17-14(19)16-12/h5-6,8-10,15,18H,3-4,7H2,1-2H3,(H2,16,17,19). The van der Waals surface area contributed by atoms with Crippen molar-refractivity contribution in [2.24, 2.45) is 0 Å². The van der Waals surface area contributed by atoms with Gasteiger partial charge in [0, 0.05) is 18.7 Å². The summed E-state index contributed by atoms with van der Waals surface area (Å²) in [5.41, 5.74) is 2.62. The first kappa shape index (κ1) is 13.8. The second-order valence-corrected chi connectivity index (χ2v) is 5.04. The molecule has 0 aliphatic rings. The summed E-state index contributed by atoms with van der Waals surface area (Å²) in [5.74, 6) is 0. The lowest BCUT2D eigenvalue weighted by atomic mass is 10.1. The lowest BCUT2D eigenvalue weighted by molar-refractivity contribution is 0.274. The van der Waals surface area contributed by atoms with Gasteiger partial charge in [-0.15, -0.1) is 0 Å². The van der Waals surface area contributed by atoms with Crippen LogP contribution in [0.15, 0.2) is 23.0 Å². The zero-order chi connectivity index (χ0) is 13.8. The number of aliphatic hydroxyl groups excluding tert-OH is 1. The van der Waals surface area contributed by atoms with Crippen LogP contribution in [0.2, 0.25) is 0 Å². The van der Waals surface area contributed by atoms with E-state index in [0.29, 0.717) is 6.04 Å². The van der Waals surface area contributed by atoms with Gasteiger partial charge in [-0.3, -0.25) is 0 Å². The molecule has 1 aromatic carbocycles. The van der Waals surface area contributed by atoms with E-state index in [1.165, 1.54) is 0 Å². The summed E-state index contributed by atoms with van der Waals surface area (Å²) in [6.07, 6.45) is 1.76. The molecule has 0 spiro atoms. The molecule has 0 bridgehead atoms. The maximum atomic E-state index is 11.2. The number of nitrogens with one attached hydrogen (secondary N) is 3. The number of rotatable bonds is 6. The molecule has 0 aliphatic heterocycles. The minimum atomic E-state index is -0.177. The number of benzene rings is 1. The summed E-state index contributed by atoms with van der Waals surface area (Å²) in [6.45, 7) is 4.45. The minimum Gasteiger partial charge on any atom is -0.396 e. The third-order valence-corrected chi connectivity index (χ3v) is 3.37. The Kier molecular flexibility index (Phi) is 4.39. The lowest BCUT2D eigenvalue weighted by Gasteiger charge is -2.20. The molecule has 1 heterocycles. The van der Waals surface area contributed by atoms with Gasteiger partial charge < -0.3 is 20.4 Å². The molecule has 0 radical (unpaired) electrons. The molecule has 19 heavy (non-hydrogen) atoms. The Morgan fingerprint density at radius 3 is 2.74 bits per heavy atom. The number of hydrogen-bond acceptors (Lipinski definition) is 3. The summed E-state index contributed by atoms with van der Waals surface area (Å²) in [4.78, 5) is 16.7. The van der Waals surface area contributed by atoms with E-state index in [1.807, 2.05) is 18.2 Å². The van der Waals surface area contributed by atoms with Gasteiger partial charge in [0.1, 0.15) is 0 Å². The van der Waals surface area contributed by atoms with Crippen molar-refractivity contribution in [3.05, 3.63) is 34.2 Å². The van der Waals surface area contributed by atoms with Crippen LogP contribution in [0.3, 0.4) is 0 Å². The maximum absolute atomic E-state index is 11.2. The van der Waals surface area contributed by atoms with Gasteiger partial charge in [-0.25, -0.2) is 4.79 Å². The Morgan fingerprint density at radius 2 is 2.00 bits per heavy atom. The normalized spacial score (nSPS) is 14.7. The van der Waals surface area contributed by atoms with Gasteiger partial charge in [0.25, 0.3) is 0 Å². The molecule has 0 fully saturated rings. The number of H-pyrrole nitrogens is 2. The van der Waals surface area contributed by atoms with Crippen molar-refractivity contribution in [1.82, 2.24) is 15.3 Å². The number of imidazole rings is 1. The van der Waals surface area contributed by atoms with Crippen LogP contribution < -0.4 is 11.0 Å². The van der Waals surface area contributed by atoms with Crippen LogP contribution in [0, 0.1) is 0 Å². The third kappa shape index (κ3) is 3.45. The predicted molar refractivity (Wildman–Crippen MR) is 76.3 cm³/mol. The van der Waals surface area contributed by atoms with E-state index in [-0.39, 0.29) is 18.3 Å². The van der Waals surface area contributed by atoms with Crippen molar-refractivity contribution in [2.45, 2.75) is 38.8 Å². The Bertz CT molecular complexity index is 588. The van der Waals surface area contributed by atoms with Crippen molar-refractivity contribution >= 4 is 11.0 Å². The lowest BCUT2D eigenvalue weighted by Crippen LogP contribution is -2.29. The Hall–Kier alpha value is -1.59. The number of fused-ring (bicyclic) bond motifs is 1. The second kappa shape index (κ2) is 6.04. The van der Waals surface area contributed by atoms with Crippen molar-refractivity contribution in [3.63, 3.8) is 0 Å². The predicted octanol–water partition coefficient (Wildman–Crippen LogP) is 1.67. The molecule has 0 saturated carbocycles. The fourth-order valence-electron chi connectivity index (χ4n) is 2.32. The van der Waals surface area contributed by atoms with Crippen LogP contribution in [0.5, 0.6) is 0 Å². The van der Waals surface area contributed by atoms with E-state index in [9.17, 15) is 4.79 Å². The van der Waals surface area contributed by atoms with Gasteiger partial charge in [-0.1, -0.05) is 6.07 Å². The molecule has 5 nitrogen and oxygen atoms in total. The van der Waals surface area contributed by atoms with Gasteiger partial charge in [-0.05, 0) is 44.4 Å². The van der Waals surface area contributed by atoms with E-state index in [2.05, 4.69) is 29.1 Å².